The second-order valence-electron chi connectivity index (χ2n) is 5.70. The predicted octanol–water partition coefficient (Wildman–Crippen LogP) is 3.32. The van der Waals surface area contributed by atoms with Crippen LogP contribution in [0.5, 0.6) is 0 Å². The van der Waals surface area contributed by atoms with Crippen molar-refractivity contribution in [3.8, 4) is 0 Å². The van der Waals surface area contributed by atoms with Gasteiger partial charge < -0.3 is 0 Å². The van der Waals surface area contributed by atoms with Gasteiger partial charge in [-0.05, 0) is 5.56 Å². The lowest BCUT2D eigenvalue weighted by atomic mass is 9.89. The highest BCUT2D eigenvalue weighted by Crippen LogP contribution is 2.55. The summed E-state index contributed by atoms with van der Waals surface area (Å²) in [6.45, 7) is 0. The molecule has 1 aromatic rings. The number of hydrogen-bond donors (Lipinski definition) is 2. The Morgan fingerprint density at radius 1 is 0.852 bits per heavy atom. The number of benzene rings is 1. The average Bonchev–Trinajstić information content (AvgIpc) is 3.00. The monoisotopic (exact) mass is 411 g/mol. The molecule has 0 aliphatic carbocycles. The molecule has 1 saturated heterocycles. The van der Waals surface area contributed by atoms with E-state index in [1.807, 2.05) is 5.43 Å². The Hall–Kier alpha value is -2.09. The van der Waals surface area contributed by atoms with Crippen molar-refractivity contribution in [3.05, 3.63) is 46.0 Å². The van der Waals surface area contributed by atoms with E-state index in [1.54, 1.807) is 0 Å². The van der Waals surface area contributed by atoms with E-state index in [1.165, 1.54) is 35.8 Å². The molecular formula is C13H10F9N3O2. The molecule has 1 aliphatic rings. The van der Waals surface area contributed by atoms with Crippen LogP contribution in [-0.4, -0.2) is 41.0 Å². The standard InChI is InChI=1S/C13H10F9N3O2/c14-10(15,11(16,17)12(18,19)13(20,21)22)9-8(25(26)27)7(23-24-9)6-4-2-1-3-5-6/h1-5,7-9,23-24H. The van der Waals surface area contributed by atoms with Crippen LogP contribution in [0, 0.1) is 10.1 Å². The Morgan fingerprint density at radius 2 is 1.37 bits per heavy atom. The van der Waals surface area contributed by atoms with Gasteiger partial charge in [0, 0.05) is 4.92 Å². The van der Waals surface area contributed by atoms with Crippen LogP contribution >= 0.6 is 0 Å². The molecule has 1 heterocycles. The van der Waals surface area contributed by atoms with Crippen LogP contribution in [-0.2, 0) is 0 Å². The lowest BCUT2D eigenvalue weighted by molar-refractivity contribution is -0.535. The Labute approximate surface area is 144 Å². The number of hydrazine groups is 1. The molecule has 27 heavy (non-hydrogen) atoms. The summed E-state index contributed by atoms with van der Waals surface area (Å²) in [6.07, 6.45) is -7.01. The van der Waals surface area contributed by atoms with Gasteiger partial charge in [0.15, 0.2) is 6.04 Å². The smallest absolute Gasteiger partial charge is 0.264 e. The largest absolute Gasteiger partial charge is 0.460 e. The first kappa shape index (κ1) is 21.2. The van der Waals surface area contributed by atoms with Crippen LogP contribution in [0.25, 0.3) is 0 Å². The van der Waals surface area contributed by atoms with Gasteiger partial charge in [0.25, 0.3) is 6.04 Å². The van der Waals surface area contributed by atoms with Gasteiger partial charge in [0.05, 0.1) is 0 Å². The van der Waals surface area contributed by atoms with Gasteiger partial charge in [-0.1, -0.05) is 30.3 Å². The molecule has 2 N–H and O–H groups in total. The van der Waals surface area contributed by atoms with Crippen LogP contribution < -0.4 is 10.9 Å². The lowest BCUT2D eigenvalue weighted by Gasteiger charge is -2.36. The summed E-state index contributed by atoms with van der Waals surface area (Å²) in [5.41, 5.74) is 3.23. The maximum Gasteiger partial charge on any atom is 0.460 e. The van der Waals surface area contributed by atoms with Gasteiger partial charge in [-0.25, -0.2) is 10.9 Å². The van der Waals surface area contributed by atoms with Gasteiger partial charge in [-0.15, -0.1) is 0 Å². The van der Waals surface area contributed by atoms with Crippen LogP contribution in [0.4, 0.5) is 39.5 Å². The van der Waals surface area contributed by atoms with Crippen molar-refractivity contribution < 1.29 is 44.4 Å². The van der Waals surface area contributed by atoms with Crippen LogP contribution in [0.15, 0.2) is 30.3 Å². The van der Waals surface area contributed by atoms with E-state index in [0.29, 0.717) is 0 Å². The Kier molecular flexibility index (Phi) is 5.11. The van der Waals surface area contributed by atoms with E-state index >= 15 is 0 Å². The highest BCUT2D eigenvalue weighted by atomic mass is 19.4. The van der Waals surface area contributed by atoms with Crippen molar-refractivity contribution in [2.24, 2.45) is 0 Å². The predicted molar refractivity (Wildman–Crippen MR) is 70.9 cm³/mol. The molecule has 14 heteroatoms. The fourth-order valence-electron chi connectivity index (χ4n) is 2.61. The van der Waals surface area contributed by atoms with Crippen molar-refractivity contribution in [1.82, 2.24) is 10.9 Å². The van der Waals surface area contributed by atoms with Crippen molar-refractivity contribution in [2.45, 2.75) is 42.1 Å². The van der Waals surface area contributed by atoms with Gasteiger partial charge in [-0.2, -0.15) is 39.5 Å². The fourth-order valence-corrected chi connectivity index (χ4v) is 2.61. The first-order valence-corrected chi connectivity index (χ1v) is 7.06. The van der Waals surface area contributed by atoms with E-state index in [9.17, 15) is 49.6 Å². The zero-order valence-corrected chi connectivity index (χ0v) is 12.8. The molecule has 1 aliphatic heterocycles. The molecule has 3 atom stereocenters. The molecule has 0 spiro atoms. The summed E-state index contributed by atoms with van der Waals surface area (Å²) in [4.78, 5) is 9.70. The van der Waals surface area contributed by atoms with Crippen LogP contribution in [0.3, 0.4) is 0 Å². The van der Waals surface area contributed by atoms with Crippen molar-refractivity contribution in [2.75, 3.05) is 0 Å². The number of rotatable bonds is 5. The molecule has 0 bridgehead atoms. The van der Waals surface area contributed by atoms with E-state index in [2.05, 4.69) is 0 Å². The summed E-state index contributed by atoms with van der Waals surface area (Å²) in [5.74, 6) is -20.2. The minimum atomic E-state index is -7.13. The van der Waals surface area contributed by atoms with Gasteiger partial charge >= 0.3 is 23.9 Å². The van der Waals surface area contributed by atoms with Crippen molar-refractivity contribution >= 4 is 0 Å². The molecule has 0 aromatic heterocycles. The quantitative estimate of drug-likeness (QED) is 0.443. The Bertz CT molecular complexity index is 696. The molecule has 0 amide bonds. The summed E-state index contributed by atoms with van der Waals surface area (Å²) in [7, 11) is 0. The highest BCUT2D eigenvalue weighted by molar-refractivity contribution is 5.23. The normalized spacial score (nSPS) is 24.9. The maximum absolute atomic E-state index is 14.1. The molecule has 0 radical (unpaired) electrons. The number of nitrogens with zero attached hydrogens (tertiary/aromatic N) is 1. The van der Waals surface area contributed by atoms with Crippen molar-refractivity contribution in [3.63, 3.8) is 0 Å². The van der Waals surface area contributed by atoms with Crippen LogP contribution in [0.2, 0.25) is 0 Å². The van der Waals surface area contributed by atoms with E-state index in [0.717, 1.165) is 0 Å². The minimum Gasteiger partial charge on any atom is -0.264 e. The third-order valence-corrected chi connectivity index (χ3v) is 4.04. The Balaban J connectivity index is 2.47. The SMILES string of the molecule is O=[N+]([O-])C1C(c2ccccc2)NNC1C(F)(F)C(F)(F)C(F)(F)C(F)(F)F. The van der Waals surface area contributed by atoms with Gasteiger partial charge in [0.2, 0.25) is 0 Å². The summed E-state index contributed by atoms with van der Waals surface area (Å²) in [6, 6.07) is -1.24. The highest BCUT2D eigenvalue weighted by Gasteiger charge is 2.84. The van der Waals surface area contributed by atoms with E-state index in [4.69, 9.17) is 0 Å². The third kappa shape index (κ3) is 3.20. The molecular weight excluding hydrogens is 401 g/mol. The second kappa shape index (κ2) is 6.51. The molecule has 5 nitrogen and oxygen atoms in total. The summed E-state index contributed by atoms with van der Waals surface area (Å²) < 4.78 is 118. The number of alkyl halides is 9. The number of nitrogens with one attached hydrogen (secondary N) is 2. The number of nitro groups is 1. The summed E-state index contributed by atoms with van der Waals surface area (Å²) >= 11 is 0. The van der Waals surface area contributed by atoms with Crippen molar-refractivity contribution in [1.29, 1.82) is 0 Å². The van der Waals surface area contributed by atoms with E-state index < -0.39 is 47.0 Å². The minimum absolute atomic E-state index is 0.0455. The lowest BCUT2D eigenvalue weighted by Crippen LogP contribution is -2.68. The zero-order chi connectivity index (χ0) is 20.8. The molecule has 152 valence electrons. The molecule has 2 rings (SSSR count). The third-order valence-electron chi connectivity index (χ3n) is 4.04. The Morgan fingerprint density at radius 3 is 1.81 bits per heavy atom. The van der Waals surface area contributed by atoms with Gasteiger partial charge in [-0.3, -0.25) is 10.1 Å². The molecule has 1 fully saturated rings. The fraction of sp³-hybridized carbons (Fsp3) is 0.538. The molecule has 1 aromatic carbocycles. The first-order chi connectivity index (χ1) is 12.2. The second-order valence-corrected chi connectivity index (χ2v) is 5.70. The van der Waals surface area contributed by atoms with Crippen LogP contribution in [0.1, 0.15) is 11.6 Å². The number of halogens is 9. The number of hydrogen-bond acceptors (Lipinski definition) is 4. The topological polar surface area (TPSA) is 67.2 Å². The van der Waals surface area contributed by atoms with E-state index in [-0.39, 0.29) is 5.56 Å². The summed E-state index contributed by atoms with van der Waals surface area (Å²) in [5, 5.41) is 11.2. The zero-order valence-electron chi connectivity index (χ0n) is 12.8. The molecule has 3 unspecified atom stereocenters. The van der Waals surface area contributed by atoms with Gasteiger partial charge in [0.1, 0.15) is 6.04 Å². The maximum atomic E-state index is 14.1. The first-order valence-electron chi connectivity index (χ1n) is 7.06. The average molecular weight is 411 g/mol. The molecule has 0 saturated carbocycles.